The Balaban J connectivity index is 0.00000196. The minimum absolute atomic E-state index is 0. The van der Waals surface area contributed by atoms with Gasteiger partial charge in [0.2, 0.25) is 0 Å². The smallest absolute Gasteiger partial charge is 0.191 e. The highest BCUT2D eigenvalue weighted by atomic mass is 127. The van der Waals surface area contributed by atoms with Crippen molar-refractivity contribution in [2.45, 2.75) is 57.7 Å². The molecule has 1 aromatic heterocycles. The average molecular weight is 465 g/mol. The van der Waals surface area contributed by atoms with E-state index in [9.17, 15) is 0 Å². The molecule has 26 heavy (non-hydrogen) atoms. The number of fused-ring (bicyclic) bond motifs is 2. The first-order valence-corrected chi connectivity index (χ1v) is 9.41. The SMILES string of the molecule is CN=C(NCc1cn2c(n1)CCCC2)NC1CCc2ccccc2C1.I. The number of aliphatic imine (C=N–C) groups is 1. The number of rotatable bonds is 3. The van der Waals surface area contributed by atoms with Crippen LogP contribution in [0.15, 0.2) is 35.5 Å². The highest BCUT2D eigenvalue weighted by Gasteiger charge is 2.19. The number of hydrogen-bond acceptors (Lipinski definition) is 2. The van der Waals surface area contributed by atoms with E-state index in [1.807, 2.05) is 7.05 Å². The average Bonchev–Trinajstić information content (AvgIpc) is 3.08. The van der Waals surface area contributed by atoms with Gasteiger partial charge in [-0.2, -0.15) is 0 Å². The first kappa shape index (κ1) is 19.2. The summed E-state index contributed by atoms with van der Waals surface area (Å²) >= 11 is 0. The predicted octanol–water partition coefficient (Wildman–Crippen LogP) is 3.06. The van der Waals surface area contributed by atoms with Gasteiger partial charge in [-0.15, -0.1) is 24.0 Å². The van der Waals surface area contributed by atoms with Crippen molar-refractivity contribution in [1.29, 1.82) is 0 Å². The van der Waals surface area contributed by atoms with E-state index < -0.39 is 0 Å². The molecular weight excluding hydrogens is 437 g/mol. The third-order valence-corrected chi connectivity index (χ3v) is 5.31. The molecule has 1 aliphatic heterocycles. The molecule has 1 aromatic carbocycles. The standard InChI is InChI=1S/C20H27N5.HI/c1-21-20(22-13-18-14-25-11-5-4-8-19(25)23-18)24-17-10-9-15-6-2-3-7-16(15)12-17;/h2-3,6-7,14,17H,4-5,8-13H2,1H3,(H2,21,22,24);1H. The Hall–Kier alpha value is -1.57. The quantitative estimate of drug-likeness (QED) is 0.416. The molecule has 6 heteroatoms. The van der Waals surface area contributed by atoms with Crippen molar-refractivity contribution in [2.24, 2.45) is 4.99 Å². The second-order valence-electron chi connectivity index (χ2n) is 7.08. The lowest BCUT2D eigenvalue weighted by atomic mass is 9.88. The zero-order valence-corrected chi connectivity index (χ0v) is 17.7. The monoisotopic (exact) mass is 465 g/mol. The first-order chi connectivity index (χ1) is 12.3. The summed E-state index contributed by atoms with van der Waals surface area (Å²) in [6, 6.07) is 9.21. The summed E-state index contributed by atoms with van der Waals surface area (Å²) in [4.78, 5) is 9.15. The van der Waals surface area contributed by atoms with Crippen LogP contribution in [0.5, 0.6) is 0 Å². The molecule has 0 spiro atoms. The van der Waals surface area contributed by atoms with Crippen molar-refractivity contribution in [3.63, 3.8) is 0 Å². The van der Waals surface area contributed by atoms with Gasteiger partial charge in [-0.3, -0.25) is 4.99 Å². The molecule has 0 saturated carbocycles. The summed E-state index contributed by atoms with van der Waals surface area (Å²) in [5.41, 5.74) is 4.06. The van der Waals surface area contributed by atoms with Gasteiger partial charge in [0.15, 0.2) is 5.96 Å². The summed E-state index contributed by atoms with van der Waals surface area (Å²) < 4.78 is 2.30. The number of aromatic nitrogens is 2. The molecule has 1 atom stereocenters. The molecule has 140 valence electrons. The van der Waals surface area contributed by atoms with Crippen LogP contribution < -0.4 is 10.6 Å². The topological polar surface area (TPSA) is 54.2 Å². The molecule has 0 bridgehead atoms. The molecule has 1 aliphatic carbocycles. The van der Waals surface area contributed by atoms with Gasteiger partial charge >= 0.3 is 0 Å². The van der Waals surface area contributed by atoms with Gasteiger partial charge in [0.05, 0.1) is 12.2 Å². The Bertz CT molecular complexity index is 744. The Morgan fingerprint density at radius 3 is 2.88 bits per heavy atom. The number of hydrogen-bond donors (Lipinski definition) is 2. The van der Waals surface area contributed by atoms with Gasteiger partial charge in [0, 0.05) is 32.3 Å². The van der Waals surface area contributed by atoms with Crippen LogP contribution in [0.3, 0.4) is 0 Å². The van der Waals surface area contributed by atoms with E-state index in [0.717, 1.165) is 50.4 Å². The summed E-state index contributed by atoms with van der Waals surface area (Å²) in [7, 11) is 1.84. The normalized spacial score (nSPS) is 19.1. The zero-order chi connectivity index (χ0) is 17.1. The fourth-order valence-electron chi connectivity index (χ4n) is 3.94. The predicted molar refractivity (Wildman–Crippen MR) is 116 cm³/mol. The Kier molecular flexibility index (Phi) is 6.56. The van der Waals surface area contributed by atoms with E-state index in [-0.39, 0.29) is 24.0 Å². The molecule has 0 fully saturated rings. The van der Waals surface area contributed by atoms with Gasteiger partial charge in [-0.25, -0.2) is 4.98 Å². The Labute approximate surface area is 172 Å². The third-order valence-electron chi connectivity index (χ3n) is 5.31. The van der Waals surface area contributed by atoms with Gasteiger partial charge in [-0.1, -0.05) is 24.3 Å². The van der Waals surface area contributed by atoms with Gasteiger partial charge < -0.3 is 15.2 Å². The van der Waals surface area contributed by atoms with E-state index in [1.54, 1.807) is 0 Å². The second-order valence-corrected chi connectivity index (χ2v) is 7.08. The van der Waals surface area contributed by atoms with Crippen LogP contribution in [0.2, 0.25) is 0 Å². The highest BCUT2D eigenvalue weighted by molar-refractivity contribution is 14.0. The number of nitrogens with zero attached hydrogens (tertiary/aromatic N) is 3. The molecule has 2 N–H and O–H groups in total. The molecule has 2 heterocycles. The molecule has 4 rings (SSSR count). The number of nitrogens with one attached hydrogen (secondary N) is 2. The summed E-state index contributed by atoms with van der Waals surface area (Å²) in [6.45, 7) is 1.83. The maximum atomic E-state index is 4.75. The maximum Gasteiger partial charge on any atom is 0.191 e. The van der Waals surface area contributed by atoms with Crippen LogP contribution in [0, 0.1) is 0 Å². The van der Waals surface area contributed by atoms with Crippen LogP contribution in [-0.2, 0) is 32.4 Å². The largest absolute Gasteiger partial charge is 0.353 e. The molecule has 0 amide bonds. The third kappa shape index (κ3) is 4.39. The molecule has 1 unspecified atom stereocenters. The van der Waals surface area contributed by atoms with Crippen LogP contribution in [0.25, 0.3) is 0 Å². The van der Waals surface area contributed by atoms with Crippen molar-refractivity contribution in [2.75, 3.05) is 7.05 Å². The van der Waals surface area contributed by atoms with Crippen molar-refractivity contribution >= 4 is 29.9 Å². The fourth-order valence-corrected chi connectivity index (χ4v) is 3.94. The maximum absolute atomic E-state index is 4.75. The van der Waals surface area contributed by atoms with Crippen LogP contribution in [0.4, 0.5) is 0 Å². The fraction of sp³-hybridized carbons (Fsp3) is 0.500. The number of aryl methyl sites for hydroxylation is 3. The van der Waals surface area contributed by atoms with E-state index in [4.69, 9.17) is 4.98 Å². The summed E-state index contributed by atoms with van der Waals surface area (Å²) in [6.07, 6.45) is 9.17. The lowest BCUT2D eigenvalue weighted by molar-refractivity contribution is 0.520. The van der Waals surface area contributed by atoms with Crippen LogP contribution >= 0.6 is 24.0 Å². The summed E-state index contributed by atoms with van der Waals surface area (Å²) in [5, 5.41) is 7.01. The number of benzene rings is 1. The lowest BCUT2D eigenvalue weighted by Gasteiger charge is -2.27. The number of imidazole rings is 1. The molecule has 5 nitrogen and oxygen atoms in total. The minimum atomic E-state index is 0. The number of halogens is 1. The first-order valence-electron chi connectivity index (χ1n) is 9.41. The van der Waals surface area contributed by atoms with Crippen molar-refractivity contribution in [1.82, 2.24) is 20.2 Å². The van der Waals surface area contributed by atoms with E-state index in [1.165, 1.54) is 29.8 Å². The van der Waals surface area contributed by atoms with E-state index in [0.29, 0.717) is 6.04 Å². The van der Waals surface area contributed by atoms with Gasteiger partial charge in [0.25, 0.3) is 0 Å². The Morgan fingerprint density at radius 1 is 1.23 bits per heavy atom. The highest BCUT2D eigenvalue weighted by Crippen LogP contribution is 2.21. The molecule has 0 saturated heterocycles. The molecule has 2 aromatic rings. The Morgan fingerprint density at radius 2 is 2.08 bits per heavy atom. The van der Waals surface area contributed by atoms with Crippen molar-refractivity contribution in [3.05, 3.63) is 53.1 Å². The number of guanidine groups is 1. The van der Waals surface area contributed by atoms with Crippen molar-refractivity contribution in [3.8, 4) is 0 Å². The van der Waals surface area contributed by atoms with Crippen LogP contribution in [-0.4, -0.2) is 28.6 Å². The molecular formula is C20H28IN5. The van der Waals surface area contributed by atoms with Gasteiger partial charge in [0.1, 0.15) is 5.82 Å². The van der Waals surface area contributed by atoms with E-state index in [2.05, 4.69) is 50.7 Å². The minimum Gasteiger partial charge on any atom is -0.353 e. The van der Waals surface area contributed by atoms with Gasteiger partial charge in [-0.05, 0) is 43.2 Å². The van der Waals surface area contributed by atoms with Crippen molar-refractivity contribution < 1.29 is 0 Å². The van der Waals surface area contributed by atoms with Crippen LogP contribution in [0.1, 0.15) is 41.9 Å². The zero-order valence-electron chi connectivity index (χ0n) is 15.4. The molecule has 0 radical (unpaired) electrons. The second kappa shape index (κ2) is 8.88. The summed E-state index contributed by atoms with van der Waals surface area (Å²) in [5.74, 6) is 2.10. The van der Waals surface area contributed by atoms with E-state index >= 15 is 0 Å². The lowest BCUT2D eigenvalue weighted by Crippen LogP contribution is -2.45. The molecule has 2 aliphatic rings.